The molecule has 1 unspecified atom stereocenters. The monoisotopic (exact) mass is 337 g/mol. The summed E-state index contributed by atoms with van der Waals surface area (Å²) in [5.41, 5.74) is 0. The van der Waals surface area contributed by atoms with Gasteiger partial charge in [-0.3, -0.25) is 0 Å². The van der Waals surface area contributed by atoms with Crippen LogP contribution in [0, 0.1) is 5.92 Å². The average molecular weight is 338 g/mol. The van der Waals surface area contributed by atoms with E-state index in [4.69, 9.17) is 0 Å². The van der Waals surface area contributed by atoms with Crippen molar-refractivity contribution in [3.05, 3.63) is 0 Å². The highest BCUT2D eigenvalue weighted by molar-refractivity contribution is 8.00. The second-order valence-electron chi connectivity index (χ2n) is 5.84. The first-order chi connectivity index (χ1) is 9.93. The molecule has 0 aromatic rings. The van der Waals surface area contributed by atoms with Crippen LogP contribution in [0.5, 0.6) is 0 Å². The molecule has 0 amide bonds. The van der Waals surface area contributed by atoms with Gasteiger partial charge in [0.15, 0.2) is 0 Å². The molecule has 0 saturated carbocycles. The van der Waals surface area contributed by atoms with Crippen molar-refractivity contribution in [3.8, 4) is 0 Å². The third-order valence-corrected chi connectivity index (χ3v) is 7.72. The molecule has 126 valence electrons. The minimum absolute atomic E-state index is 0.00717. The van der Waals surface area contributed by atoms with E-state index < -0.39 is 10.2 Å². The Kier molecular flexibility index (Phi) is 7.98. The molecule has 1 fully saturated rings. The quantitative estimate of drug-likeness (QED) is 0.672. The molecule has 1 heterocycles. The van der Waals surface area contributed by atoms with Crippen LogP contribution in [0.4, 0.5) is 0 Å². The van der Waals surface area contributed by atoms with Gasteiger partial charge in [0.05, 0.1) is 0 Å². The normalized spacial score (nSPS) is 21.6. The molecule has 1 aliphatic rings. The summed E-state index contributed by atoms with van der Waals surface area (Å²) in [4.78, 5) is 0. The molecule has 1 aliphatic heterocycles. The van der Waals surface area contributed by atoms with Crippen molar-refractivity contribution in [2.24, 2.45) is 5.92 Å². The third kappa shape index (κ3) is 5.39. The van der Waals surface area contributed by atoms with Crippen LogP contribution < -0.4 is 10.0 Å². The Hall–Kier alpha value is 0.180. The van der Waals surface area contributed by atoms with Crippen LogP contribution in [0.3, 0.4) is 0 Å². The summed E-state index contributed by atoms with van der Waals surface area (Å²) in [5.74, 6) is 0.419. The molecular weight excluding hydrogens is 306 g/mol. The number of nitrogens with one attached hydrogen (secondary N) is 2. The number of piperidine rings is 1. The molecule has 2 N–H and O–H groups in total. The molecule has 21 heavy (non-hydrogen) atoms. The Labute approximate surface area is 134 Å². The highest BCUT2D eigenvalue weighted by atomic mass is 32.2. The summed E-state index contributed by atoms with van der Waals surface area (Å²) in [6.45, 7) is 6.90. The van der Waals surface area contributed by atoms with Gasteiger partial charge in [0.2, 0.25) is 0 Å². The van der Waals surface area contributed by atoms with Crippen LogP contribution >= 0.6 is 11.8 Å². The van der Waals surface area contributed by atoms with Crippen molar-refractivity contribution in [2.45, 2.75) is 44.3 Å². The summed E-state index contributed by atoms with van der Waals surface area (Å²) < 4.78 is 29.5. The van der Waals surface area contributed by atoms with Gasteiger partial charge in [-0.1, -0.05) is 13.8 Å². The molecule has 1 atom stereocenters. The van der Waals surface area contributed by atoms with Crippen LogP contribution in [-0.2, 0) is 10.2 Å². The van der Waals surface area contributed by atoms with E-state index in [1.54, 1.807) is 16.1 Å². The van der Waals surface area contributed by atoms with Crippen LogP contribution in [-0.4, -0.2) is 57.0 Å². The van der Waals surface area contributed by atoms with E-state index in [1.807, 2.05) is 7.05 Å². The summed E-state index contributed by atoms with van der Waals surface area (Å²) >= 11 is 1.76. The molecule has 7 heteroatoms. The molecule has 0 aliphatic carbocycles. The fourth-order valence-corrected chi connectivity index (χ4v) is 5.18. The SMILES string of the molecule is CCC(CC)(CNS(=O)(=O)N1CCCC(CNC)C1)SC. The van der Waals surface area contributed by atoms with Gasteiger partial charge in [-0.2, -0.15) is 24.5 Å². The predicted octanol–water partition coefficient (Wildman–Crippen LogP) is 1.67. The van der Waals surface area contributed by atoms with E-state index in [2.05, 4.69) is 30.1 Å². The standard InChI is InChI=1S/C14H31N3O2S2/c1-5-14(6-2,20-4)12-16-21(18,19)17-9-7-8-13(11-17)10-15-3/h13,15-16H,5-12H2,1-4H3. The van der Waals surface area contributed by atoms with E-state index in [0.717, 1.165) is 32.2 Å². The average Bonchev–Trinajstić information content (AvgIpc) is 2.50. The van der Waals surface area contributed by atoms with Crippen molar-refractivity contribution >= 4 is 22.0 Å². The zero-order valence-electron chi connectivity index (χ0n) is 13.8. The van der Waals surface area contributed by atoms with Gasteiger partial charge in [-0.05, 0) is 51.4 Å². The van der Waals surface area contributed by atoms with Crippen LogP contribution in [0.15, 0.2) is 0 Å². The van der Waals surface area contributed by atoms with Crippen molar-refractivity contribution in [1.82, 2.24) is 14.3 Å². The van der Waals surface area contributed by atoms with Gasteiger partial charge < -0.3 is 5.32 Å². The van der Waals surface area contributed by atoms with Crippen molar-refractivity contribution in [1.29, 1.82) is 0 Å². The lowest BCUT2D eigenvalue weighted by molar-refractivity contribution is 0.260. The summed E-state index contributed by atoms with van der Waals surface area (Å²) in [6.07, 6.45) is 6.05. The molecule has 1 saturated heterocycles. The fourth-order valence-electron chi connectivity index (χ4n) is 2.88. The van der Waals surface area contributed by atoms with E-state index in [1.165, 1.54) is 0 Å². The smallest absolute Gasteiger partial charge is 0.279 e. The Morgan fingerprint density at radius 3 is 2.52 bits per heavy atom. The number of hydrogen-bond donors (Lipinski definition) is 2. The topological polar surface area (TPSA) is 61.4 Å². The minimum atomic E-state index is -3.36. The van der Waals surface area contributed by atoms with Crippen LogP contribution in [0.2, 0.25) is 0 Å². The van der Waals surface area contributed by atoms with E-state index >= 15 is 0 Å². The Morgan fingerprint density at radius 1 is 1.33 bits per heavy atom. The van der Waals surface area contributed by atoms with Crippen molar-refractivity contribution < 1.29 is 8.42 Å². The van der Waals surface area contributed by atoms with E-state index in [0.29, 0.717) is 25.6 Å². The maximum atomic E-state index is 12.5. The molecule has 0 bridgehead atoms. The second-order valence-corrected chi connectivity index (χ2v) is 8.87. The van der Waals surface area contributed by atoms with Gasteiger partial charge in [0, 0.05) is 24.4 Å². The molecule has 1 rings (SSSR count). The fraction of sp³-hybridized carbons (Fsp3) is 1.00. The number of rotatable bonds is 9. The maximum absolute atomic E-state index is 12.5. The lowest BCUT2D eigenvalue weighted by atomic mass is 10.00. The predicted molar refractivity (Wildman–Crippen MR) is 92.0 cm³/mol. The molecule has 0 radical (unpaired) electrons. The minimum Gasteiger partial charge on any atom is -0.319 e. The zero-order valence-corrected chi connectivity index (χ0v) is 15.4. The Bertz CT molecular complexity index is 387. The first kappa shape index (κ1) is 19.2. The largest absolute Gasteiger partial charge is 0.319 e. The van der Waals surface area contributed by atoms with Crippen molar-refractivity contribution in [2.75, 3.05) is 39.5 Å². The lowest BCUT2D eigenvalue weighted by Gasteiger charge is -2.34. The molecule has 5 nitrogen and oxygen atoms in total. The number of hydrogen-bond acceptors (Lipinski definition) is 4. The van der Waals surface area contributed by atoms with Crippen LogP contribution in [0.1, 0.15) is 39.5 Å². The highest BCUT2D eigenvalue weighted by Gasteiger charge is 2.32. The van der Waals surface area contributed by atoms with Crippen LogP contribution in [0.25, 0.3) is 0 Å². The number of thioether (sulfide) groups is 1. The summed E-state index contributed by atoms with van der Waals surface area (Å²) in [6, 6.07) is 0. The van der Waals surface area contributed by atoms with Gasteiger partial charge >= 0.3 is 0 Å². The second kappa shape index (κ2) is 8.72. The van der Waals surface area contributed by atoms with Gasteiger partial charge in [0.1, 0.15) is 0 Å². The molecule has 0 spiro atoms. The van der Waals surface area contributed by atoms with E-state index in [-0.39, 0.29) is 4.75 Å². The van der Waals surface area contributed by atoms with E-state index in [9.17, 15) is 8.42 Å². The third-order valence-electron chi connectivity index (χ3n) is 4.61. The van der Waals surface area contributed by atoms with Gasteiger partial charge in [-0.25, -0.2) is 4.72 Å². The Morgan fingerprint density at radius 2 is 2.00 bits per heavy atom. The van der Waals surface area contributed by atoms with Gasteiger partial charge in [0.25, 0.3) is 10.2 Å². The zero-order chi connectivity index (χ0) is 15.9. The molecular formula is C14H31N3O2S2. The first-order valence-electron chi connectivity index (χ1n) is 7.87. The Balaban J connectivity index is 2.64. The highest BCUT2D eigenvalue weighted by Crippen LogP contribution is 2.30. The van der Waals surface area contributed by atoms with Gasteiger partial charge in [-0.15, -0.1) is 0 Å². The summed E-state index contributed by atoms with van der Waals surface area (Å²) in [5, 5.41) is 3.15. The summed E-state index contributed by atoms with van der Waals surface area (Å²) in [7, 11) is -1.44. The maximum Gasteiger partial charge on any atom is 0.279 e. The molecule has 0 aromatic heterocycles. The first-order valence-corrected chi connectivity index (χ1v) is 10.5. The number of nitrogens with zero attached hydrogens (tertiary/aromatic N) is 1. The van der Waals surface area contributed by atoms with Crippen molar-refractivity contribution in [3.63, 3.8) is 0 Å². The lowest BCUT2D eigenvalue weighted by Crippen LogP contribution is -2.50. The molecule has 0 aromatic carbocycles.